The van der Waals surface area contributed by atoms with Crippen molar-refractivity contribution in [3.63, 3.8) is 0 Å². The molecule has 0 bridgehead atoms. The molecule has 1 heterocycles. The van der Waals surface area contributed by atoms with Crippen molar-refractivity contribution >= 4 is 28.9 Å². The molecule has 2 aromatic rings. The van der Waals surface area contributed by atoms with Crippen LogP contribution in [0.5, 0.6) is 5.75 Å². The number of nitrogens with zero attached hydrogens (tertiary/aromatic N) is 5. The van der Waals surface area contributed by atoms with Crippen LogP contribution in [0.4, 0.5) is 11.4 Å². The fourth-order valence-corrected chi connectivity index (χ4v) is 3.54. The van der Waals surface area contributed by atoms with Crippen LogP contribution in [0.15, 0.2) is 53.7 Å². The summed E-state index contributed by atoms with van der Waals surface area (Å²) in [6.45, 7) is 2.39. The number of amides is 1. The van der Waals surface area contributed by atoms with Crippen molar-refractivity contribution in [2.24, 2.45) is 0 Å². The van der Waals surface area contributed by atoms with Gasteiger partial charge in [-0.1, -0.05) is 11.6 Å². The van der Waals surface area contributed by atoms with Crippen LogP contribution >= 0.6 is 11.6 Å². The minimum Gasteiger partial charge on any atom is -0.496 e. The molecule has 0 saturated carbocycles. The third-order valence-corrected chi connectivity index (χ3v) is 5.28. The highest BCUT2D eigenvalue weighted by Crippen LogP contribution is 2.26. The van der Waals surface area contributed by atoms with Gasteiger partial charge in [0.15, 0.2) is 5.57 Å². The van der Waals surface area contributed by atoms with E-state index in [1.165, 1.54) is 7.11 Å². The van der Waals surface area contributed by atoms with E-state index in [9.17, 15) is 4.79 Å². The summed E-state index contributed by atoms with van der Waals surface area (Å²) in [5.74, 6) is 0.372. The van der Waals surface area contributed by atoms with Gasteiger partial charge in [-0.2, -0.15) is 15.8 Å². The maximum atomic E-state index is 12.9. The standard InChI is InChI=1S/C23H19ClN6O2/c1-32-22-7-2-17(24)12-20(22)23(31)30-10-8-29(9-11-30)19-5-3-18(4-6-19)28-21(15-27)16(13-25)14-26/h2-7,12,28H,8-11H2,1H3. The van der Waals surface area contributed by atoms with Gasteiger partial charge in [-0.15, -0.1) is 0 Å². The summed E-state index contributed by atoms with van der Waals surface area (Å²) in [7, 11) is 1.52. The molecule has 9 heteroatoms. The van der Waals surface area contributed by atoms with Gasteiger partial charge in [0.1, 0.15) is 29.7 Å². The Morgan fingerprint density at radius 1 is 1.00 bits per heavy atom. The molecule has 1 amide bonds. The van der Waals surface area contributed by atoms with E-state index in [0.29, 0.717) is 48.2 Å². The summed E-state index contributed by atoms with van der Waals surface area (Å²) >= 11 is 6.06. The summed E-state index contributed by atoms with van der Waals surface area (Å²) in [6, 6.07) is 17.5. The Bertz CT molecular complexity index is 1150. The highest BCUT2D eigenvalue weighted by Gasteiger charge is 2.24. The monoisotopic (exact) mass is 446 g/mol. The molecule has 0 unspecified atom stereocenters. The van der Waals surface area contributed by atoms with Crippen LogP contribution in [-0.2, 0) is 0 Å². The van der Waals surface area contributed by atoms with Gasteiger partial charge < -0.3 is 19.9 Å². The lowest BCUT2D eigenvalue weighted by molar-refractivity contribution is 0.0743. The number of piperazine rings is 1. The van der Waals surface area contributed by atoms with Crippen LogP contribution in [0.2, 0.25) is 5.02 Å². The van der Waals surface area contributed by atoms with Crippen molar-refractivity contribution in [3.8, 4) is 24.0 Å². The van der Waals surface area contributed by atoms with Gasteiger partial charge in [0.2, 0.25) is 0 Å². The fraction of sp³-hybridized carbons (Fsp3) is 0.217. The van der Waals surface area contributed by atoms with Crippen molar-refractivity contribution in [3.05, 3.63) is 64.3 Å². The predicted molar refractivity (Wildman–Crippen MR) is 120 cm³/mol. The second-order valence-corrected chi connectivity index (χ2v) is 7.32. The lowest BCUT2D eigenvalue weighted by atomic mass is 10.1. The molecule has 8 nitrogen and oxygen atoms in total. The molecule has 1 N–H and O–H groups in total. The number of ether oxygens (including phenoxy) is 1. The van der Waals surface area contributed by atoms with E-state index in [2.05, 4.69) is 10.2 Å². The van der Waals surface area contributed by atoms with E-state index in [1.807, 2.05) is 18.2 Å². The van der Waals surface area contributed by atoms with Crippen molar-refractivity contribution in [1.29, 1.82) is 15.8 Å². The van der Waals surface area contributed by atoms with Crippen molar-refractivity contribution in [2.75, 3.05) is 43.5 Å². The van der Waals surface area contributed by atoms with Gasteiger partial charge in [-0.3, -0.25) is 4.79 Å². The zero-order chi connectivity index (χ0) is 23.1. The van der Waals surface area contributed by atoms with Gasteiger partial charge in [0.25, 0.3) is 5.91 Å². The maximum absolute atomic E-state index is 12.9. The first kappa shape index (κ1) is 22.5. The largest absolute Gasteiger partial charge is 0.496 e. The van der Waals surface area contributed by atoms with Crippen LogP contribution < -0.4 is 15.0 Å². The van der Waals surface area contributed by atoms with Gasteiger partial charge in [-0.05, 0) is 42.5 Å². The number of halogens is 1. The molecule has 0 aromatic heterocycles. The Kier molecular flexibility index (Phi) is 7.18. The highest BCUT2D eigenvalue weighted by atomic mass is 35.5. The lowest BCUT2D eigenvalue weighted by Crippen LogP contribution is -2.48. The van der Waals surface area contributed by atoms with Crippen LogP contribution in [-0.4, -0.2) is 44.1 Å². The average Bonchev–Trinajstić information content (AvgIpc) is 2.84. The Balaban J connectivity index is 1.65. The summed E-state index contributed by atoms with van der Waals surface area (Å²) in [5.41, 5.74) is 1.64. The number of hydrogen-bond acceptors (Lipinski definition) is 7. The molecule has 1 saturated heterocycles. The van der Waals surface area contributed by atoms with Crippen LogP contribution in [0.1, 0.15) is 10.4 Å². The van der Waals surface area contributed by atoms with Gasteiger partial charge in [0.05, 0.1) is 12.7 Å². The van der Waals surface area contributed by atoms with Crippen molar-refractivity contribution in [1.82, 2.24) is 4.90 Å². The minimum atomic E-state index is -0.270. The van der Waals surface area contributed by atoms with E-state index < -0.39 is 0 Å². The first-order chi connectivity index (χ1) is 15.5. The first-order valence-corrected chi connectivity index (χ1v) is 10.1. The third kappa shape index (κ3) is 4.92. The third-order valence-electron chi connectivity index (χ3n) is 5.05. The Morgan fingerprint density at radius 2 is 1.66 bits per heavy atom. The number of rotatable bonds is 5. The molecule has 1 aliphatic rings. The number of nitriles is 3. The molecule has 3 rings (SSSR count). The zero-order valence-corrected chi connectivity index (χ0v) is 18.1. The fourth-order valence-electron chi connectivity index (χ4n) is 3.37. The molecular weight excluding hydrogens is 428 g/mol. The molecule has 0 spiro atoms. The molecule has 0 aliphatic carbocycles. The maximum Gasteiger partial charge on any atom is 0.257 e. The molecule has 1 aliphatic heterocycles. The molecule has 0 atom stereocenters. The van der Waals surface area contributed by atoms with Crippen molar-refractivity contribution in [2.45, 2.75) is 0 Å². The van der Waals surface area contributed by atoms with Crippen LogP contribution in [0, 0.1) is 34.0 Å². The Hall–Kier alpha value is -4.19. The smallest absolute Gasteiger partial charge is 0.257 e. The number of hydrogen-bond donors (Lipinski definition) is 1. The van der Waals surface area contributed by atoms with Crippen LogP contribution in [0.25, 0.3) is 0 Å². The van der Waals surface area contributed by atoms with Gasteiger partial charge in [-0.25, -0.2) is 0 Å². The summed E-state index contributed by atoms with van der Waals surface area (Å²) in [4.78, 5) is 16.9. The van der Waals surface area contributed by atoms with E-state index in [-0.39, 0.29) is 17.2 Å². The van der Waals surface area contributed by atoms with Gasteiger partial charge >= 0.3 is 0 Å². The normalized spacial score (nSPS) is 12.7. The SMILES string of the molecule is COc1ccc(Cl)cc1C(=O)N1CCN(c2ccc(NC(C#N)=C(C#N)C#N)cc2)CC1. The lowest BCUT2D eigenvalue weighted by Gasteiger charge is -2.36. The average molecular weight is 447 g/mol. The minimum absolute atomic E-state index is 0.0914. The number of nitrogens with one attached hydrogen (secondary N) is 1. The molecule has 0 radical (unpaired) electrons. The number of anilines is 2. The number of methoxy groups -OCH3 is 1. The van der Waals surface area contributed by atoms with E-state index in [0.717, 1.165) is 5.69 Å². The second-order valence-electron chi connectivity index (χ2n) is 6.88. The van der Waals surface area contributed by atoms with E-state index in [4.69, 9.17) is 32.1 Å². The zero-order valence-electron chi connectivity index (χ0n) is 17.3. The second kappa shape index (κ2) is 10.2. The first-order valence-electron chi connectivity index (χ1n) is 9.70. The Labute approximate surface area is 191 Å². The Morgan fingerprint density at radius 3 is 2.22 bits per heavy atom. The molecule has 32 heavy (non-hydrogen) atoms. The van der Waals surface area contributed by atoms with E-state index >= 15 is 0 Å². The summed E-state index contributed by atoms with van der Waals surface area (Å²) in [5, 5.41) is 30.3. The molecule has 1 fully saturated rings. The molecule has 2 aromatic carbocycles. The van der Waals surface area contributed by atoms with Gasteiger partial charge in [0, 0.05) is 42.6 Å². The van der Waals surface area contributed by atoms with Crippen molar-refractivity contribution < 1.29 is 9.53 Å². The predicted octanol–water partition coefficient (Wildman–Crippen LogP) is 3.55. The summed E-state index contributed by atoms with van der Waals surface area (Å²) < 4.78 is 5.30. The highest BCUT2D eigenvalue weighted by molar-refractivity contribution is 6.31. The number of carbonyl (C=O) groups is 1. The number of allylic oxidation sites excluding steroid dienone is 2. The number of carbonyl (C=O) groups excluding carboxylic acids is 1. The quantitative estimate of drug-likeness (QED) is 0.698. The summed E-state index contributed by atoms with van der Waals surface area (Å²) in [6.07, 6.45) is 0. The topological polar surface area (TPSA) is 116 Å². The number of benzene rings is 2. The molecular formula is C23H19ClN6O2. The van der Waals surface area contributed by atoms with E-state index in [1.54, 1.807) is 47.4 Å². The molecule has 160 valence electrons. The van der Waals surface area contributed by atoms with Crippen LogP contribution in [0.3, 0.4) is 0 Å².